The number of nitrogens with one attached hydrogen (secondary N) is 1. The van der Waals surface area contributed by atoms with E-state index in [1.54, 1.807) is 22.7 Å². The van der Waals surface area contributed by atoms with E-state index in [0.717, 1.165) is 22.3 Å². The van der Waals surface area contributed by atoms with E-state index in [9.17, 15) is 0 Å². The van der Waals surface area contributed by atoms with E-state index in [1.807, 2.05) is 18.5 Å². The molecule has 0 fully saturated rings. The van der Waals surface area contributed by atoms with Crippen molar-refractivity contribution in [2.75, 3.05) is 0 Å². The van der Waals surface area contributed by atoms with Crippen molar-refractivity contribution in [3.8, 4) is 0 Å². The summed E-state index contributed by atoms with van der Waals surface area (Å²) in [5, 5.41) is 9.81. The molecule has 0 saturated heterocycles. The molecule has 0 atom stereocenters. The first-order valence-electron chi connectivity index (χ1n) is 5.14. The zero-order valence-corrected chi connectivity index (χ0v) is 11.3. The summed E-state index contributed by atoms with van der Waals surface area (Å²) in [7, 11) is 0. The lowest BCUT2D eigenvalue weighted by atomic mass is 10.1. The Morgan fingerprint density at radius 3 is 2.75 bits per heavy atom. The number of thiazole rings is 2. The molecule has 3 nitrogen and oxygen atoms in total. The summed E-state index contributed by atoms with van der Waals surface area (Å²) in [5.41, 5.74) is 1.00. The van der Waals surface area contributed by atoms with E-state index in [4.69, 9.17) is 0 Å². The van der Waals surface area contributed by atoms with Crippen LogP contribution in [0.1, 0.15) is 29.6 Å². The van der Waals surface area contributed by atoms with Crippen molar-refractivity contribution in [3.05, 3.63) is 32.7 Å². The van der Waals surface area contributed by atoms with Crippen LogP contribution >= 0.6 is 22.7 Å². The number of hydrogen-bond acceptors (Lipinski definition) is 5. The molecule has 0 radical (unpaired) electrons. The fraction of sp³-hybridized carbons (Fsp3) is 0.455. The number of aryl methyl sites for hydroxylation is 1. The normalized spacial score (nSPS) is 11.9. The summed E-state index contributed by atoms with van der Waals surface area (Å²) in [4.78, 5) is 8.78. The van der Waals surface area contributed by atoms with Crippen LogP contribution in [0.25, 0.3) is 0 Å². The topological polar surface area (TPSA) is 37.8 Å². The maximum atomic E-state index is 4.43. The Labute approximate surface area is 104 Å². The smallest absolute Gasteiger partial charge is 0.112 e. The molecule has 0 aliphatic carbocycles. The first kappa shape index (κ1) is 11.7. The van der Waals surface area contributed by atoms with Crippen LogP contribution in [0.4, 0.5) is 0 Å². The largest absolute Gasteiger partial charge is 0.299 e. The predicted molar refractivity (Wildman–Crippen MR) is 68.8 cm³/mol. The lowest BCUT2D eigenvalue weighted by molar-refractivity contribution is 0.399. The van der Waals surface area contributed by atoms with Crippen LogP contribution in [0, 0.1) is 6.92 Å². The fourth-order valence-corrected chi connectivity index (χ4v) is 2.84. The Balaban J connectivity index is 2.00. The molecule has 0 unspecified atom stereocenters. The highest BCUT2D eigenvalue weighted by Crippen LogP contribution is 2.22. The number of rotatable bonds is 4. The van der Waals surface area contributed by atoms with Gasteiger partial charge in [0.15, 0.2) is 0 Å². The van der Waals surface area contributed by atoms with Gasteiger partial charge in [-0.1, -0.05) is 0 Å². The minimum atomic E-state index is -0.0895. The van der Waals surface area contributed by atoms with Crippen LogP contribution in [0.15, 0.2) is 17.0 Å². The van der Waals surface area contributed by atoms with Gasteiger partial charge in [-0.25, -0.2) is 9.97 Å². The van der Waals surface area contributed by atoms with Gasteiger partial charge < -0.3 is 0 Å². The fourth-order valence-electron chi connectivity index (χ4n) is 1.39. The van der Waals surface area contributed by atoms with E-state index in [2.05, 4.69) is 34.5 Å². The van der Waals surface area contributed by atoms with Crippen molar-refractivity contribution in [1.29, 1.82) is 0 Å². The van der Waals surface area contributed by atoms with Crippen molar-refractivity contribution in [3.63, 3.8) is 0 Å². The number of aromatic nitrogens is 2. The Morgan fingerprint density at radius 2 is 2.19 bits per heavy atom. The van der Waals surface area contributed by atoms with Crippen LogP contribution in [-0.2, 0) is 12.1 Å². The lowest BCUT2D eigenvalue weighted by Gasteiger charge is -2.23. The Hall–Kier alpha value is -0.780. The maximum Gasteiger partial charge on any atom is 0.112 e. The SMILES string of the molecule is Cc1csc(CNC(C)(C)c2nccs2)n1. The van der Waals surface area contributed by atoms with Gasteiger partial charge in [0.25, 0.3) is 0 Å². The van der Waals surface area contributed by atoms with Crippen molar-refractivity contribution in [2.45, 2.75) is 32.9 Å². The Morgan fingerprint density at radius 1 is 1.38 bits per heavy atom. The van der Waals surface area contributed by atoms with Crippen LogP contribution in [-0.4, -0.2) is 9.97 Å². The first-order chi connectivity index (χ1) is 7.58. The van der Waals surface area contributed by atoms with E-state index in [0.29, 0.717) is 0 Å². The second-order valence-corrected chi connectivity index (χ2v) is 6.04. The standard InChI is InChI=1S/C11H15N3S2/c1-8-7-16-9(14-8)6-13-11(2,3)10-12-4-5-15-10/h4-5,7,13H,6H2,1-3H3. The molecule has 0 aliphatic rings. The van der Waals surface area contributed by atoms with E-state index in [-0.39, 0.29) is 5.54 Å². The first-order valence-corrected chi connectivity index (χ1v) is 6.90. The zero-order chi connectivity index (χ0) is 11.6. The molecule has 0 bridgehead atoms. The van der Waals surface area contributed by atoms with Gasteiger partial charge in [-0.05, 0) is 20.8 Å². The monoisotopic (exact) mass is 253 g/mol. The predicted octanol–water partition coefficient (Wildman–Crippen LogP) is 2.93. The number of nitrogens with zero attached hydrogens (tertiary/aromatic N) is 2. The number of hydrogen-bond donors (Lipinski definition) is 1. The summed E-state index contributed by atoms with van der Waals surface area (Å²) in [5.74, 6) is 0. The van der Waals surface area contributed by atoms with Gasteiger partial charge in [-0.2, -0.15) is 0 Å². The van der Waals surface area contributed by atoms with Gasteiger partial charge in [0.05, 0.1) is 5.54 Å². The molecule has 2 heterocycles. The van der Waals surface area contributed by atoms with Crippen molar-refractivity contribution < 1.29 is 0 Å². The van der Waals surface area contributed by atoms with Crippen molar-refractivity contribution in [1.82, 2.24) is 15.3 Å². The molecule has 2 aromatic rings. The van der Waals surface area contributed by atoms with E-state index in [1.165, 1.54) is 0 Å². The summed E-state index contributed by atoms with van der Waals surface area (Å²) < 4.78 is 0. The molecular weight excluding hydrogens is 238 g/mol. The van der Waals surface area contributed by atoms with Crippen molar-refractivity contribution >= 4 is 22.7 Å². The van der Waals surface area contributed by atoms with Crippen molar-refractivity contribution in [2.24, 2.45) is 0 Å². The average Bonchev–Trinajstić information content (AvgIpc) is 2.85. The van der Waals surface area contributed by atoms with Crippen LogP contribution < -0.4 is 5.32 Å². The van der Waals surface area contributed by atoms with Crippen LogP contribution in [0.2, 0.25) is 0 Å². The highest BCUT2D eigenvalue weighted by atomic mass is 32.1. The zero-order valence-electron chi connectivity index (χ0n) is 9.65. The molecule has 2 rings (SSSR count). The molecular formula is C11H15N3S2. The summed E-state index contributed by atoms with van der Waals surface area (Å²) in [6.07, 6.45) is 1.84. The van der Waals surface area contributed by atoms with Crippen LogP contribution in [0.5, 0.6) is 0 Å². The Bertz CT molecular complexity index is 446. The molecule has 0 aromatic carbocycles. The van der Waals surface area contributed by atoms with E-state index >= 15 is 0 Å². The van der Waals surface area contributed by atoms with Gasteiger partial charge in [-0.3, -0.25) is 5.32 Å². The molecule has 0 spiro atoms. The Kier molecular flexibility index (Phi) is 3.37. The van der Waals surface area contributed by atoms with Gasteiger partial charge >= 0.3 is 0 Å². The quantitative estimate of drug-likeness (QED) is 0.910. The van der Waals surface area contributed by atoms with Crippen LogP contribution in [0.3, 0.4) is 0 Å². The van der Waals surface area contributed by atoms with Gasteiger partial charge in [0, 0.05) is 29.2 Å². The van der Waals surface area contributed by atoms with Gasteiger partial charge in [0.1, 0.15) is 10.0 Å². The third-order valence-electron chi connectivity index (χ3n) is 2.32. The summed E-state index contributed by atoms with van der Waals surface area (Å²) in [6.45, 7) is 7.11. The molecule has 2 aromatic heterocycles. The summed E-state index contributed by atoms with van der Waals surface area (Å²) >= 11 is 3.38. The lowest BCUT2D eigenvalue weighted by Crippen LogP contribution is -2.35. The average molecular weight is 253 g/mol. The highest BCUT2D eigenvalue weighted by molar-refractivity contribution is 7.10. The summed E-state index contributed by atoms with van der Waals surface area (Å²) in [6, 6.07) is 0. The molecule has 86 valence electrons. The molecule has 0 aliphatic heterocycles. The third-order valence-corrected chi connectivity index (χ3v) is 4.38. The molecule has 1 N–H and O–H groups in total. The van der Waals surface area contributed by atoms with Gasteiger partial charge in [-0.15, -0.1) is 22.7 Å². The molecule has 16 heavy (non-hydrogen) atoms. The molecule has 0 saturated carbocycles. The van der Waals surface area contributed by atoms with E-state index < -0.39 is 0 Å². The highest BCUT2D eigenvalue weighted by Gasteiger charge is 2.22. The minimum Gasteiger partial charge on any atom is -0.299 e. The second-order valence-electron chi connectivity index (χ2n) is 4.20. The maximum absolute atomic E-state index is 4.43. The third kappa shape index (κ3) is 2.66. The minimum absolute atomic E-state index is 0.0895. The molecule has 5 heteroatoms. The van der Waals surface area contributed by atoms with Gasteiger partial charge in [0.2, 0.25) is 0 Å². The second kappa shape index (κ2) is 4.61. The molecule has 0 amide bonds.